The quantitative estimate of drug-likeness (QED) is 0.576. The van der Waals surface area contributed by atoms with Crippen LogP contribution in [0.1, 0.15) is 59.9 Å². The Hall–Kier alpha value is -2.92. The van der Waals surface area contributed by atoms with Crippen LogP contribution in [0.3, 0.4) is 0 Å². The first-order valence-electron chi connectivity index (χ1n) is 12.2. The summed E-state index contributed by atoms with van der Waals surface area (Å²) < 4.78 is 5.99. The lowest BCUT2D eigenvalue weighted by Gasteiger charge is -2.33. The van der Waals surface area contributed by atoms with Gasteiger partial charge >= 0.3 is 0 Å². The Bertz CT molecular complexity index is 1140. The molecule has 1 saturated heterocycles. The summed E-state index contributed by atoms with van der Waals surface area (Å²) in [6.07, 6.45) is 5.25. The van der Waals surface area contributed by atoms with E-state index in [-0.39, 0.29) is 17.9 Å². The molecule has 5 heteroatoms. The van der Waals surface area contributed by atoms with Gasteiger partial charge in [0.25, 0.3) is 0 Å². The fourth-order valence-electron chi connectivity index (χ4n) is 5.29. The van der Waals surface area contributed by atoms with Gasteiger partial charge in [-0.15, -0.1) is 0 Å². The Morgan fingerprint density at radius 2 is 2.00 bits per heavy atom. The smallest absolute Gasteiger partial charge is 0.226 e. The number of fused-ring (bicyclic) bond motifs is 1. The molecule has 0 spiro atoms. The Balaban J connectivity index is 1.23. The van der Waals surface area contributed by atoms with Crippen molar-refractivity contribution in [2.24, 2.45) is 5.92 Å². The molecule has 0 radical (unpaired) electrons. The standard InChI is InChI=1S/C28H33N3O2/c1-19-8-5-11-22(16-19)28-30-26(20(2)33-28)18-31-15-7-12-23(17-31)27(32)29-25-14-6-10-21-9-3-4-13-24(21)25/h3-5,8-9,11,13,16,23,25H,6-7,10,12,14-15,17-18H2,1-2H3,(H,29,32). The van der Waals surface area contributed by atoms with Crippen molar-refractivity contribution < 1.29 is 9.21 Å². The number of hydrogen-bond donors (Lipinski definition) is 1. The molecule has 1 N–H and O–H groups in total. The van der Waals surface area contributed by atoms with Gasteiger partial charge in [-0.2, -0.15) is 0 Å². The number of piperidine rings is 1. The van der Waals surface area contributed by atoms with Gasteiger partial charge in [0.1, 0.15) is 5.76 Å². The van der Waals surface area contributed by atoms with Crippen LogP contribution >= 0.6 is 0 Å². The lowest BCUT2D eigenvalue weighted by atomic mass is 9.87. The van der Waals surface area contributed by atoms with E-state index in [1.807, 2.05) is 19.1 Å². The second-order valence-corrected chi connectivity index (χ2v) is 9.62. The molecule has 1 aromatic heterocycles. The Morgan fingerprint density at radius 3 is 2.88 bits per heavy atom. The highest BCUT2D eigenvalue weighted by Gasteiger charge is 2.29. The molecule has 33 heavy (non-hydrogen) atoms. The zero-order valence-electron chi connectivity index (χ0n) is 19.6. The molecule has 2 aliphatic rings. The Kier molecular flexibility index (Phi) is 6.32. The third-order valence-corrected chi connectivity index (χ3v) is 7.09. The minimum absolute atomic E-state index is 0.0243. The molecule has 5 rings (SSSR count). The topological polar surface area (TPSA) is 58.4 Å². The summed E-state index contributed by atoms with van der Waals surface area (Å²) in [5, 5.41) is 3.37. The zero-order valence-corrected chi connectivity index (χ0v) is 19.6. The Morgan fingerprint density at radius 1 is 1.12 bits per heavy atom. The van der Waals surface area contributed by atoms with Gasteiger partial charge < -0.3 is 9.73 Å². The van der Waals surface area contributed by atoms with Crippen LogP contribution < -0.4 is 5.32 Å². The van der Waals surface area contributed by atoms with Gasteiger partial charge in [0.15, 0.2) is 0 Å². The van der Waals surface area contributed by atoms with Crippen molar-refractivity contribution >= 4 is 5.91 Å². The molecule has 1 amide bonds. The van der Waals surface area contributed by atoms with Gasteiger partial charge in [0.05, 0.1) is 17.7 Å². The summed E-state index contributed by atoms with van der Waals surface area (Å²) >= 11 is 0. The van der Waals surface area contributed by atoms with E-state index in [1.165, 1.54) is 16.7 Å². The van der Waals surface area contributed by atoms with Crippen molar-refractivity contribution in [3.05, 3.63) is 76.7 Å². The number of nitrogens with zero attached hydrogens (tertiary/aromatic N) is 2. The van der Waals surface area contributed by atoms with E-state index in [9.17, 15) is 4.79 Å². The highest BCUT2D eigenvalue weighted by Crippen LogP contribution is 2.30. The minimum Gasteiger partial charge on any atom is -0.441 e. The van der Waals surface area contributed by atoms with Crippen molar-refractivity contribution in [1.82, 2.24) is 15.2 Å². The summed E-state index contributed by atoms with van der Waals surface area (Å²) in [5.41, 5.74) is 5.84. The van der Waals surface area contributed by atoms with E-state index in [1.54, 1.807) is 0 Å². The van der Waals surface area contributed by atoms with Gasteiger partial charge in [-0.1, -0.05) is 42.0 Å². The maximum atomic E-state index is 13.2. The Labute approximate surface area is 196 Å². The zero-order chi connectivity index (χ0) is 22.8. The number of carbonyl (C=O) groups excluding carboxylic acids is 1. The first kappa shape index (κ1) is 21.9. The second kappa shape index (κ2) is 9.52. The molecule has 2 unspecified atom stereocenters. The normalized spacial score (nSPS) is 20.9. The molecule has 2 atom stereocenters. The van der Waals surface area contributed by atoms with Gasteiger partial charge in [0.2, 0.25) is 11.8 Å². The predicted octanol–water partition coefficient (Wildman–Crippen LogP) is 5.36. The summed E-state index contributed by atoms with van der Waals surface area (Å²) in [6, 6.07) is 16.9. The van der Waals surface area contributed by atoms with E-state index < -0.39 is 0 Å². The fourth-order valence-corrected chi connectivity index (χ4v) is 5.29. The number of aryl methyl sites for hydroxylation is 3. The number of likely N-dealkylation sites (tertiary alicyclic amines) is 1. The van der Waals surface area contributed by atoms with Gasteiger partial charge in [-0.3, -0.25) is 9.69 Å². The number of benzene rings is 2. The lowest BCUT2D eigenvalue weighted by molar-refractivity contribution is -0.127. The maximum Gasteiger partial charge on any atom is 0.226 e. The largest absolute Gasteiger partial charge is 0.441 e. The van der Waals surface area contributed by atoms with Crippen LogP contribution in [0.5, 0.6) is 0 Å². The van der Waals surface area contributed by atoms with Crippen LogP contribution in [0.4, 0.5) is 0 Å². The van der Waals surface area contributed by atoms with E-state index in [0.29, 0.717) is 5.89 Å². The van der Waals surface area contributed by atoms with Crippen LogP contribution in [-0.4, -0.2) is 28.9 Å². The highest BCUT2D eigenvalue weighted by atomic mass is 16.4. The van der Waals surface area contributed by atoms with E-state index >= 15 is 0 Å². The third kappa shape index (κ3) is 4.88. The average Bonchev–Trinajstić information content (AvgIpc) is 3.19. The van der Waals surface area contributed by atoms with Gasteiger partial charge in [-0.25, -0.2) is 4.98 Å². The summed E-state index contributed by atoms with van der Waals surface area (Å²) in [4.78, 5) is 20.3. The van der Waals surface area contributed by atoms with E-state index in [4.69, 9.17) is 9.40 Å². The maximum absolute atomic E-state index is 13.2. The first-order chi connectivity index (χ1) is 16.1. The SMILES string of the molecule is Cc1cccc(-c2nc(CN3CCCC(C(=O)NC4CCCc5ccccc54)C3)c(C)o2)c1. The molecule has 1 aliphatic carbocycles. The number of nitrogens with one attached hydrogen (secondary N) is 1. The van der Waals surface area contributed by atoms with Crippen molar-refractivity contribution in [2.75, 3.05) is 13.1 Å². The summed E-state index contributed by atoms with van der Waals surface area (Å²) in [7, 11) is 0. The molecule has 2 heterocycles. The second-order valence-electron chi connectivity index (χ2n) is 9.62. The molecule has 0 bridgehead atoms. The molecule has 5 nitrogen and oxygen atoms in total. The number of oxazole rings is 1. The molecule has 1 aliphatic heterocycles. The molecule has 1 fully saturated rings. The average molecular weight is 444 g/mol. The van der Waals surface area contributed by atoms with E-state index in [0.717, 1.165) is 68.8 Å². The molecule has 3 aromatic rings. The van der Waals surface area contributed by atoms with Crippen LogP contribution in [0.2, 0.25) is 0 Å². The molecular formula is C28H33N3O2. The number of rotatable bonds is 5. The van der Waals surface area contributed by atoms with Crippen molar-refractivity contribution in [3.8, 4) is 11.5 Å². The van der Waals surface area contributed by atoms with E-state index in [2.05, 4.69) is 53.5 Å². The lowest BCUT2D eigenvalue weighted by Crippen LogP contribution is -2.44. The van der Waals surface area contributed by atoms with Crippen LogP contribution in [0, 0.1) is 19.8 Å². The molecule has 2 aromatic carbocycles. The number of hydrogen-bond acceptors (Lipinski definition) is 4. The third-order valence-electron chi connectivity index (χ3n) is 7.09. The molecule has 0 saturated carbocycles. The number of carbonyl (C=O) groups is 1. The van der Waals surface area contributed by atoms with Crippen molar-refractivity contribution in [3.63, 3.8) is 0 Å². The molecule has 172 valence electrons. The fraction of sp³-hybridized carbons (Fsp3) is 0.429. The van der Waals surface area contributed by atoms with Crippen LogP contribution in [0.15, 0.2) is 52.9 Å². The number of amides is 1. The highest BCUT2D eigenvalue weighted by molar-refractivity contribution is 5.79. The minimum atomic E-state index is 0.0243. The van der Waals surface area contributed by atoms with Crippen LogP contribution in [-0.2, 0) is 17.8 Å². The predicted molar refractivity (Wildman–Crippen MR) is 130 cm³/mol. The van der Waals surface area contributed by atoms with Crippen molar-refractivity contribution in [2.45, 2.75) is 58.5 Å². The number of aromatic nitrogens is 1. The van der Waals surface area contributed by atoms with Crippen LogP contribution in [0.25, 0.3) is 11.5 Å². The first-order valence-corrected chi connectivity index (χ1v) is 12.2. The van der Waals surface area contributed by atoms with Crippen molar-refractivity contribution in [1.29, 1.82) is 0 Å². The molecular weight excluding hydrogens is 410 g/mol. The van der Waals surface area contributed by atoms with Gasteiger partial charge in [0, 0.05) is 18.7 Å². The summed E-state index contributed by atoms with van der Waals surface area (Å²) in [6.45, 7) is 6.53. The van der Waals surface area contributed by atoms with Gasteiger partial charge in [-0.05, 0) is 75.8 Å². The monoisotopic (exact) mass is 443 g/mol. The summed E-state index contributed by atoms with van der Waals surface area (Å²) in [5.74, 6) is 1.75.